The van der Waals surface area contributed by atoms with Gasteiger partial charge in [0.15, 0.2) is 12.2 Å². The van der Waals surface area contributed by atoms with E-state index in [2.05, 4.69) is 21.3 Å². The molecule has 1 saturated heterocycles. The minimum atomic E-state index is -3.70. The Morgan fingerprint density at radius 2 is 1.69 bits per heavy atom. The van der Waals surface area contributed by atoms with E-state index in [0.29, 0.717) is 13.0 Å². The van der Waals surface area contributed by atoms with Crippen molar-refractivity contribution in [2.75, 3.05) is 13.1 Å². The Morgan fingerprint density at radius 3 is 2.25 bits per heavy atom. The molecule has 1 heterocycles. The molecule has 4 atom stereocenters. The number of hydrogen-bond donors (Lipinski definition) is 4. The number of carbonyl (C=O) groups excluding carboxylic acids is 5. The maximum Gasteiger partial charge on any atom is 0.408 e. The van der Waals surface area contributed by atoms with Crippen molar-refractivity contribution in [1.82, 2.24) is 21.3 Å². The van der Waals surface area contributed by atoms with Gasteiger partial charge in [-0.25, -0.2) is 13.6 Å². The zero-order valence-corrected chi connectivity index (χ0v) is 26.9. The van der Waals surface area contributed by atoms with E-state index in [1.165, 1.54) is 36.4 Å². The van der Waals surface area contributed by atoms with Crippen LogP contribution in [0.15, 0.2) is 54.6 Å². The molecular weight excluding hydrogens is 664 g/mol. The van der Waals surface area contributed by atoms with Gasteiger partial charge in [0.25, 0.3) is 5.91 Å². The summed E-state index contributed by atoms with van der Waals surface area (Å²) in [5, 5.41) is 10.2. The largest absolute Gasteiger partial charge is 0.450 e. The monoisotopic (exact) mass is 700 g/mol. The van der Waals surface area contributed by atoms with Crippen LogP contribution in [0.2, 0.25) is 5.02 Å². The minimum absolute atomic E-state index is 0.00196. The van der Waals surface area contributed by atoms with Crippen LogP contribution in [0.4, 0.5) is 22.4 Å². The summed E-state index contributed by atoms with van der Waals surface area (Å²) >= 11 is 5.92. The van der Waals surface area contributed by atoms with Crippen LogP contribution in [0.1, 0.15) is 56.8 Å². The molecule has 1 aliphatic carbocycles. The molecule has 16 heteroatoms. The molecule has 4 rings (SSSR count). The molecule has 2 aromatic carbocycles. The topological polar surface area (TPSA) is 152 Å². The third kappa shape index (κ3) is 12.0. The highest BCUT2D eigenvalue weighted by Crippen LogP contribution is 2.43. The summed E-state index contributed by atoms with van der Waals surface area (Å²) in [6.07, 6.45) is -5.07. The van der Waals surface area contributed by atoms with Gasteiger partial charge in [0.1, 0.15) is 6.54 Å². The molecule has 2 fully saturated rings. The Morgan fingerprint density at radius 1 is 1.02 bits per heavy atom. The highest BCUT2D eigenvalue weighted by atomic mass is 35.5. The zero-order chi connectivity index (χ0) is 35.4. The molecule has 2 aromatic rings. The molecule has 48 heavy (non-hydrogen) atoms. The molecular formula is C32H37ClF4N4O7. The summed E-state index contributed by atoms with van der Waals surface area (Å²) in [6, 6.07) is 11.2. The molecule has 11 nitrogen and oxygen atoms in total. The maximum absolute atomic E-state index is 15.7. The molecule has 1 aliphatic heterocycles. The summed E-state index contributed by atoms with van der Waals surface area (Å²) in [4.78, 5) is 62.8. The second kappa shape index (κ2) is 17.7. The number of hydrogen-bond acceptors (Lipinski definition) is 7. The quantitative estimate of drug-likeness (QED) is 0.179. The standard InChI is InChI=1S/C30H33ClF2N4O7.C2H4F2/c1-17(38)43-25(28(41)36-22-10-11-22)23(14-19-12-13-34-27(19)40)37-24(39)16-35-29(42)44-26(18-6-3-2-4-7-18)30(32,33)20-8-5-9-21(31)15-20;1-2(3)4/h2-9,15,19,22-23,25-26H,10-14,16H2,1H3,(H,34,40)(H,35,42)(H,36,41)(H,37,39);2H,1H3. The fourth-order valence-corrected chi connectivity index (χ4v) is 5.02. The van der Waals surface area contributed by atoms with Gasteiger partial charge >= 0.3 is 18.0 Å². The van der Waals surface area contributed by atoms with Gasteiger partial charge in [0.2, 0.25) is 18.2 Å². The third-order valence-electron chi connectivity index (χ3n) is 7.15. The maximum atomic E-state index is 15.7. The van der Waals surface area contributed by atoms with E-state index in [4.69, 9.17) is 21.1 Å². The predicted octanol–water partition coefficient (Wildman–Crippen LogP) is 4.39. The fraction of sp³-hybridized carbons (Fsp3) is 0.469. The first-order chi connectivity index (χ1) is 22.7. The molecule has 4 amide bonds. The second-order valence-corrected chi connectivity index (χ2v) is 11.6. The van der Waals surface area contributed by atoms with Crippen LogP contribution in [-0.4, -0.2) is 67.5 Å². The number of alkyl halides is 4. The van der Waals surface area contributed by atoms with Crippen LogP contribution in [0, 0.1) is 5.92 Å². The van der Waals surface area contributed by atoms with Crippen LogP contribution in [0.5, 0.6) is 0 Å². The Balaban J connectivity index is 0.00000148. The molecule has 2 aliphatic rings. The zero-order valence-electron chi connectivity index (χ0n) is 26.2. The summed E-state index contributed by atoms with van der Waals surface area (Å²) in [5.74, 6) is -6.78. The van der Waals surface area contributed by atoms with Crippen molar-refractivity contribution in [2.45, 2.75) is 76.2 Å². The molecule has 0 radical (unpaired) electrons. The lowest BCUT2D eigenvalue weighted by Gasteiger charge is -2.29. The van der Waals surface area contributed by atoms with Gasteiger partial charge in [-0.2, -0.15) is 8.78 Å². The van der Waals surface area contributed by atoms with Gasteiger partial charge in [-0.05, 0) is 50.3 Å². The van der Waals surface area contributed by atoms with Crippen molar-refractivity contribution in [3.8, 4) is 0 Å². The smallest absolute Gasteiger partial charge is 0.408 e. The van der Waals surface area contributed by atoms with Gasteiger partial charge in [-0.1, -0.05) is 54.1 Å². The molecule has 262 valence electrons. The van der Waals surface area contributed by atoms with E-state index >= 15 is 8.78 Å². The van der Waals surface area contributed by atoms with Crippen LogP contribution < -0.4 is 21.3 Å². The van der Waals surface area contributed by atoms with E-state index in [1.54, 1.807) is 6.07 Å². The minimum Gasteiger partial charge on any atom is -0.450 e. The van der Waals surface area contributed by atoms with Crippen LogP contribution in [0.3, 0.4) is 0 Å². The number of alkyl carbamates (subject to hydrolysis) is 1. The highest BCUT2D eigenvalue weighted by Gasteiger charge is 2.46. The number of ether oxygens (including phenoxy) is 2. The number of carbonyl (C=O) groups is 5. The third-order valence-corrected chi connectivity index (χ3v) is 7.38. The highest BCUT2D eigenvalue weighted by molar-refractivity contribution is 6.30. The normalized spacial score (nSPS) is 17.5. The number of esters is 1. The van der Waals surface area contributed by atoms with E-state index in [1.807, 2.05) is 0 Å². The Hall–Kier alpha value is -4.40. The first kappa shape index (κ1) is 38.1. The van der Waals surface area contributed by atoms with E-state index in [0.717, 1.165) is 38.8 Å². The van der Waals surface area contributed by atoms with Crippen molar-refractivity contribution in [3.63, 3.8) is 0 Å². The number of benzene rings is 2. The summed E-state index contributed by atoms with van der Waals surface area (Å²) in [6.45, 7) is 1.62. The van der Waals surface area contributed by atoms with Crippen molar-refractivity contribution < 1.29 is 51.0 Å². The van der Waals surface area contributed by atoms with Gasteiger partial charge in [0.05, 0.1) is 6.04 Å². The van der Waals surface area contributed by atoms with Crippen LogP contribution in [0.25, 0.3) is 0 Å². The summed E-state index contributed by atoms with van der Waals surface area (Å²) < 4.78 is 62.4. The lowest BCUT2D eigenvalue weighted by molar-refractivity contribution is -0.157. The van der Waals surface area contributed by atoms with E-state index < -0.39 is 72.5 Å². The molecule has 0 aromatic heterocycles. The molecule has 4 N–H and O–H groups in total. The molecule has 4 unspecified atom stereocenters. The van der Waals surface area contributed by atoms with Crippen molar-refractivity contribution in [3.05, 3.63) is 70.7 Å². The number of halogens is 5. The van der Waals surface area contributed by atoms with E-state index in [9.17, 15) is 32.8 Å². The van der Waals surface area contributed by atoms with Crippen LogP contribution in [-0.2, 0) is 34.6 Å². The van der Waals surface area contributed by atoms with Gasteiger partial charge in [-0.3, -0.25) is 19.2 Å². The Bertz CT molecular complexity index is 1430. The summed E-state index contributed by atoms with van der Waals surface area (Å²) in [7, 11) is 0. The first-order valence-corrected chi connectivity index (χ1v) is 15.5. The van der Waals surface area contributed by atoms with Crippen molar-refractivity contribution in [2.24, 2.45) is 5.92 Å². The molecule has 1 saturated carbocycles. The summed E-state index contributed by atoms with van der Waals surface area (Å²) in [5.41, 5.74) is -0.484. The predicted molar refractivity (Wildman–Crippen MR) is 165 cm³/mol. The van der Waals surface area contributed by atoms with Crippen LogP contribution >= 0.6 is 11.6 Å². The van der Waals surface area contributed by atoms with Crippen molar-refractivity contribution in [1.29, 1.82) is 0 Å². The second-order valence-electron chi connectivity index (χ2n) is 11.2. The lowest BCUT2D eigenvalue weighted by Crippen LogP contribution is -2.55. The van der Waals surface area contributed by atoms with Crippen molar-refractivity contribution >= 4 is 41.4 Å². The average molecular weight is 701 g/mol. The number of rotatable bonds is 13. The Kier molecular flexibility index (Phi) is 14.0. The number of nitrogens with one attached hydrogen (secondary N) is 4. The average Bonchev–Trinajstić information content (AvgIpc) is 3.75. The SMILES string of the molecule is CC(=O)OC(C(=O)NC1CC1)C(CC1CCNC1=O)NC(=O)CNC(=O)OC(c1ccccc1)C(F)(F)c1cccc(Cl)c1.CC(F)F. The van der Waals surface area contributed by atoms with E-state index in [-0.39, 0.29) is 29.0 Å². The lowest BCUT2D eigenvalue weighted by atomic mass is 9.94. The molecule has 0 spiro atoms. The first-order valence-electron chi connectivity index (χ1n) is 15.1. The molecule has 0 bridgehead atoms. The van der Waals surface area contributed by atoms with Gasteiger partial charge in [0, 0.05) is 36.0 Å². The number of amides is 4. The van der Waals surface area contributed by atoms with Gasteiger partial charge in [-0.15, -0.1) is 0 Å². The Labute approximate surface area is 279 Å². The fourth-order valence-electron chi connectivity index (χ4n) is 4.83. The van der Waals surface area contributed by atoms with Gasteiger partial charge < -0.3 is 30.7 Å².